The van der Waals surface area contributed by atoms with Crippen LogP contribution in [0.25, 0.3) is 0 Å². The van der Waals surface area contributed by atoms with Crippen molar-refractivity contribution in [1.29, 1.82) is 5.26 Å². The number of nitrogen functional groups attached to an aromatic ring is 1. The van der Waals surface area contributed by atoms with Crippen molar-refractivity contribution in [3.05, 3.63) is 27.0 Å². The second kappa shape index (κ2) is 4.01. The quantitative estimate of drug-likeness (QED) is 0.768. The molecule has 4 nitrogen and oxygen atoms in total. The molecule has 0 radical (unpaired) electrons. The molecule has 2 rings (SSSR count). The summed E-state index contributed by atoms with van der Waals surface area (Å²) in [5.41, 5.74) is 8.07. The van der Waals surface area contributed by atoms with E-state index in [0.29, 0.717) is 17.9 Å². The van der Waals surface area contributed by atoms with Crippen LogP contribution in [0.4, 0.5) is 5.82 Å². The molecule has 84 valence electrons. The number of fused-ring (bicyclic) bond motifs is 1. The van der Waals surface area contributed by atoms with E-state index in [2.05, 4.69) is 6.07 Å². The maximum absolute atomic E-state index is 12.1. The molecular weight excluding hydrogens is 202 g/mol. The Morgan fingerprint density at radius 2 is 2.00 bits per heavy atom. The predicted octanol–water partition coefficient (Wildman–Crippen LogP) is 1.20. The van der Waals surface area contributed by atoms with Crippen LogP contribution in [0.1, 0.15) is 36.5 Å². The number of nitrogens with two attached hydrogens (primary N) is 1. The Morgan fingerprint density at radius 3 is 2.56 bits per heavy atom. The first kappa shape index (κ1) is 10.7. The molecule has 1 heterocycles. The molecule has 0 amide bonds. The van der Waals surface area contributed by atoms with E-state index >= 15 is 0 Å². The summed E-state index contributed by atoms with van der Waals surface area (Å²) in [6.45, 7) is 2.39. The van der Waals surface area contributed by atoms with E-state index in [9.17, 15) is 4.79 Å². The van der Waals surface area contributed by atoms with Gasteiger partial charge in [-0.3, -0.25) is 9.36 Å². The predicted molar refractivity (Wildman–Crippen MR) is 62.1 cm³/mol. The lowest BCUT2D eigenvalue weighted by atomic mass is 9.89. The van der Waals surface area contributed by atoms with Crippen molar-refractivity contribution in [3.8, 4) is 6.07 Å². The summed E-state index contributed by atoms with van der Waals surface area (Å²) in [6, 6.07) is 2.14. The summed E-state index contributed by atoms with van der Waals surface area (Å²) in [4.78, 5) is 12.1. The van der Waals surface area contributed by atoms with E-state index in [1.807, 2.05) is 6.92 Å². The second-order valence-electron chi connectivity index (χ2n) is 4.09. The molecule has 0 bridgehead atoms. The minimum Gasteiger partial charge on any atom is -0.384 e. The first-order valence-electron chi connectivity index (χ1n) is 5.64. The number of pyridine rings is 1. The fourth-order valence-electron chi connectivity index (χ4n) is 2.42. The van der Waals surface area contributed by atoms with E-state index in [1.54, 1.807) is 0 Å². The molecule has 0 fully saturated rings. The van der Waals surface area contributed by atoms with Crippen LogP contribution >= 0.6 is 0 Å². The Kier molecular flexibility index (Phi) is 2.69. The third kappa shape index (κ3) is 1.40. The Hall–Kier alpha value is -1.76. The van der Waals surface area contributed by atoms with Crippen LogP contribution in [0, 0.1) is 11.3 Å². The van der Waals surface area contributed by atoms with Gasteiger partial charge in [0.15, 0.2) is 0 Å². The molecule has 1 aromatic rings. The van der Waals surface area contributed by atoms with E-state index in [1.165, 1.54) is 4.57 Å². The highest BCUT2D eigenvalue weighted by Gasteiger charge is 2.21. The van der Waals surface area contributed by atoms with Gasteiger partial charge in [-0.25, -0.2) is 0 Å². The standard InChI is InChI=1S/C12H15N3O/c1-2-15-11(14)10(7-13)8-5-3-4-6-9(8)12(15)16/h2-6,14H2,1H3. The smallest absolute Gasteiger partial charge is 0.255 e. The average Bonchev–Trinajstić information content (AvgIpc) is 2.30. The van der Waals surface area contributed by atoms with Crippen LogP contribution in [0.15, 0.2) is 4.79 Å². The Morgan fingerprint density at radius 1 is 1.38 bits per heavy atom. The molecule has 1 aliphatic rings. The monoisotopic (exact) mass is 217 g/mol. The second-order valence-corrected chi connectivity index (χ2v) is 4.09. The minimum atomic E-state index is -0.00583. The molecule has 0 spiro atoms. The molecule has 16 heavy (non-hydrogen) atoms. The van der Waals surface area contributed by atoms with Gasteiger partial charge in [0.2, 0.25) is 0 Å². The number of anilines is 1. The summed E-state index contributed by atoms with van der Waals surface area (Å²) >= 11 is 0. The van der Waals surface area contributed by atoms with Gasteiger partial charge in [0.05, 0.1) is 5.56 Å². The summed E-state index contributed by atoms with van der Waals surface area (Å²) in [5, 5.41) is 9.14. The van der Waals surface area contributed by atoms with Crippen LogP contribution in [0.2, 0.25) is 0 Å². The molecule has 0 aliphatic heterocycles. The van der Waals surface area contributed by atoms with Crippen molar-refractivity contribution in [3.63, 3.8) is 0 Å². The summed E-state index contributed by atoms with van der Waals surface area (Å²) in [5.74, 6) is 0.329. The Balaban J connectivity index is 2.81. The lowest BCUT2D eigenvalue weighted by Crippen LogP contribution is -2.30. The average molecular weight is 217 g/mol. The molecular formula is C12H15N3O. The summed E-state index contributed by atoms with van der Waals surface area (Å²) < 4.78 is 1.50. The van der Waals surface area contributed by atoms with Crippen molar-refractivity contribution in [2.75, 3.05) is 5.73 Å². The molecule has 0 atom stereocenters. The van der Waals surface area contributed by atoms with Gasteiger partial charge in [-0.1, -0.05) is 0 Å². The number of hydrogen-bond donors (Lipinski definition) is 1. The van der Waals surface area contributed by atoms with Crippen LogP contribution in [0.5, 0.6) is 0 Å². The lowest BCUT2D eigenvalue weighted by molar-refractivity contribution is 0.646. The zero-order valence-electron chi connectivity index (χ0n) is 9.42. The lowest BCUT2D eigenvalue weighted by Gasteiger charge is -2.20. The SMILES string of the molecule is CCn1c(N)c(C#N)c2c(c1=O)CCCC2. The van der Waals surface area contributed by atoms with Gasteiger partial charge in [-0.2, -0.15) is 5.26 Å². The summed E-state index contributed by atoms with van der Waals surface area (Å²) in [7, 11) is 0. The largest absolute Gasteiger partial charge is 0.384 e. The number of hydrogen-bond acceptors (Lipinski definition) is 3. The van der Waals surface area contributed by atoms with Gasteiger partial charge in [-0.15, -0.1) is 0 Å². The van der Waals surface area contributed by atoms with Crippen LogP contribution < -0.4 is 11.3 Å². The molecule has 2 N–H and O–H groups in total. The zero-order chi connectivity index (χ0) is 11.7. The number of rotatable bonds is 1. The fraction of sp³-hybridized carbons (Fsp3) is 0.500. The highest BCUT2D eigenvalue weighted by molar-refractivity contribution is 5.56. The van der Waals surface area contributed by atoms with Gasteiger partial charge in [0.1, 0.15) is 11.9 Å². The van der Waals surface area contributed by atoms with Crippen molar-refractivity contribution >= 4 is 5.82 Å². The molecule has 1 aliphatic carbocycles. The zero-order valence-corrected chi connectivity index (χ0v) is 9.42. The van der Waals surface area contributed by atoms with Crippen molar-refractivity contribution in [1.82, 2.24) is 4.57 Å². The first-order chi connectivity index (χ1) is 7.70. The maximum atomic E-state index is 12.1. The Bertz CT molecular complexity index is 523. The molecule has 1 aromatic heterocycles. The highest BCUT2D eigenvalue weighted by atomic mass is 16.1. The maximum Gasteiger partial charge on any atom is 0.255 e. The molecule has 0 saturated heterocycles. The topological polar surface area (TPSA) is 71.8 Å². The Labute approximate surface area is 94.3 Å². The van der Waals surface area contributed by atoms with Gasteiger partial charge in [0.25, 0.3) is 5.56 Å². The van der Waals surface area contributed by atoms with E-state index in [0.717, 1.165) is 36.8 Å². The number of nitriles is 1. The highest BCUT2D eigenvalue weighted by Crippen LogP contribution is 2.25. The van der Waals surface area contributed by atoms with Crippen molar-refractivity contribution in [2.45, 2.75) is 39.2 Å². The van der Waals surface area contributed by atoms with E-state index < -0.39 is 0 Å². The van der Waals surface area contributed by atoms with E-state index in [-0.39, 0.29) is 5.56 Å². The van der Waals surface area contributed by atoms with E-state index in [4.69, 9.17) is 11.0 Å². The number of aromatic nitrogens is 1. The summed E-state index contributed by atoms with van der Waals surface area (Å²) in [6.07, 6.45) is 3.66. The minimum absolute atomic E-state index is 0.00583. The van der Waals surface area contributed by atoms with Crippen molar-refractivity contribution < 1.29 is 0 Å². The van der Waals surface area contributed by atoms with Gasteiger partial charge >= 0.3 is 0 Å². The molecule has 0 saturated carbocycles. The van der Waals surface area contributed by atoms with Crippen LogP contribution in [0.3, 0.4) is 0 Å². The van der Waals surface area contributed by atoms with Crippen LogP contribution in [-0.4, -0.2) is 4.57 Å². The van der Waals surface area contributed by atoms with Crippen LogP contribution in [-0.2, 0) is 19.4 Å². The molecule has 0 unspecified atom stereocenters. The third-order valence-corrected chi connectivity index (χ3v) is 3.25. The van der Waals surface area contributed by atoms with Gasteiger partial charge in [-0.05, 0) is 38.2 Å². The molecule has 0 aromatic carbocycles. The first-order valence-corrected chi connectivity index (χ1v) is 5.64. The number of nitrogens with zero attached hydrogens (tertiary/aromatic N) is 2. The normalized spacial score (nSPS) is 14.2. The van der Waals surface area contributed by atoms with Gasteiger partial charge in [0, 0.05) is 12.1 Å². The van der Waals surface area contributed by atoms with Crippen molar-refractivity contribution in [2.24, 2.45) is 0 Å². The molecule has 4 heteroatoms. The third-order valence-electron chi connectivity index (χ3n) is 3.25. The van der Waals surface area contributed by atoms with Gasteiger partial charge < -0.3 is 5.73 Å². The fourth-order valence-corrected chi connectivity index (χ4v) is 2.42.